The van der Waals surface area contributed by atoms with Gasteiger partial charge in [0.2, 0.25) is 0 Å². The van der Waals surface area contributed by atoms with Gasteiger partial charge in [-0.15, -0.1) is 0 Å². The Bertz CT molecular complexity index is 1160. The van der Waals surface area contributed by atoms with E-state index in [0.29, 0.717) is 25.2 Å². The SMILES string of the molecule is Cc1ccc(C2=NN(CCCCOS(=O)(=O)c3ccc(C)cc3)C3N=CN=C(N)C23)cc1. The molecule has 2 N–H and O–H groups in total. The molecule has 2 unspecified atom stereocenters. The van der Waals surface area contributed by atoms with E-state index < -0.39 is 10.1 Å². The second-order valence-electron chi connectivity index (χ2n) is 8.02. The van der Waals surface area contributed by atoms with Crippen LogP contribution in [0.1, 0.15) is 29.5 Å². The quantitative estimate of drug-likeness (QED) is 0.488. The van der Waals surface area contributed by atoms with Crippen molar-refractivity contribution in [1.29, 1.82) is 0 Å². The Morgan fingerprint density at radius 3 is 2.34 bits per heavy atom. The van der Waals surface area contributed by atoms with Crippen molar-refractivity contribution >= 4 is 28.0 Å². The van der Waals surface area contributed by atoms with Crippen LogP contribution in [0.15, 0.2) is 68.5 Å². The number of hydrazone groups is 1. The first-order valence-electron chi connectivity index (χ1n) is 10.6. The van der Waals surface area contributed by atoms with Crippen molar-refractivity contribution in [1.82, 2.24) is 5.01 Å². The van der Waals surface area contributed by atoms with Crippen molar-refractivity contribution in [3.63, 3.8) is 0 Å². The minimum absolute atomic E-state index is 0.111. The van der Waals surface area contributed by atoms with Crippen molar-refractivity contribution in [3.05, 3.63) is 65.2 Å². The molecule has 168 valence electrons. The third kappa shape index (κ3) is 4.73. The zero-order chi connectivity index (χ0) is 22.7. The molecular formula is C23H27N5O3S. The van der Waals surface area contributed by atoms with Crippen LogP contribution in [0.5, 0.6) is 0 Å². The molecule has 0 spiro atoms. The molecule has 2 heterocycles. The van der Waals surface area contributed by atoms with Crippen LogP contribution in [0.25, 0.3) is 0 Å². The third-order valence-corrected chi connectivity index (χ3v) is 6.88. The predicted molar refractivity (Wildman–Crippen MR) is 125 cm³/mol. The van der Waals surface area contributed by atoms with Gasteiger partial charge >= 0.3 is 0 Å². The molecule has 2 aromatic carbocycles. The van der Waals surface area contributed by atoms with Crippen LogP contribution in [0.2, 0.25) is 0 Å². The molecule has 2 atom stereocenters. The first kappa shape index (κ1) is 22.2. The van der Waals surface area contributed by atoms with E-state index in [2.05, 4.69) is 9.98 Å². The summed E-state index contributed by atoms with van der Waals surface area (Å²) < 4.78 is 29.8. The van der Waals surface area contributed by atoms with Crippen molar-refractivity contribution in [2.24, 2.45) is 26.7 Å². The van der Waals surface area contributed by atoms with Crippen LogP contribution in [0.3, 0.4) is 0 Å². The van der Waals surface area contributed by atoms with E-state index in [1.54, 1.807) is 24.3 Å². The van der Waals surface area contributed by atoms with Gasteiger partial charge < -0.3 is 5.73 Å². The lowest BCUT2D eigenvalue weighted by molar-refractivity contribution is 0.211. The Morgan fingerprint density at radius 1 is 1.00 bits per heavy atom. The second-order valence-corrected chi connectivity index (χ2v) is 9.64. The fourth-order valence-corrected chi connectivity index (χ4v) is 4.68. The van der Waals surface area contributed by atoms with Crippen molar-refractivity contribution in [2.45, 2.75) is 37.8 Å². The molecule has 0 radical (unpaired) electrons. The lowest BCUT2D eigenvalue weighted by Crippen LogP contribution is -2.42. The largest absolute Gasteiger partial charge is 0.386 e. The standard InChI is InChI=1S/C23H27N5O3S/c1-16-5-9-18(10-6-16)21-20-22(24)25-15-26-23(20)28(27-21)13-3-4-14-31-32(29,30)19-11-7-17(2)8-12-19/h5-12,15,20,23H,3-4,13-14H2,1-2H3,(H2,24,25,26). The van der Waals surface area contributed by atoms with Gasteiger partial charge in [0.15, 0.2) is 6.17 Å². The Labute approximate surface area is 188 Å². The molecule has 2 aliphatic rings. The van der Waals surface area contributed by atoms with Crippen LogP contribution < -0.4 is 5.73 Å². The van der Waals surface area contributed by atoms with E-state index in [9.17, 15) is 8.42 Å². The molecule has 0 amide bonds. The van der Waals surface area contributed by atoms with E-state index in [4.69, 9.17) is 15.0 Å². The number of hydrogen-bond acceptors (Lipinski definition) is 8. The molecular weight excluding hydrogens is 426 g/mol. The van der Waals surface area contributed by atoms with E-state index in [-0.39, 0.29) is 23.6 Å². The van der Waals surface area contributed by atoms with Crippen molar-refractivity contribution in [2.75, 3.05) is 13.2 Å². The highest BCUT2D eigenvalue weighted by atomic mass is 32.2. The van der Waals surface area contributed by atoms with Crippen LogP contribution >= 0.6 is 0 Å². The van der Waals surface area contributed by atoms with Crippen LogP contribution in [0.4, 0.5) is 0 Å². The summed E-state index contributed by atoms with van der Waals surface area (Å²) in [5.41, 5.74) is 10.2. The van der Waals surface area contributed by atoms with Gasteiger partial charge in [-0.25, -0.2) is 9.98 Å². The fourth-order valence-electron chi connectivity index (χ4n) is 3.74. The average molecular weight is 454 g/mol. The molecule has 8 nitrogen and oxygen atoms in total. The molecule has 2 aromatic rings. The molecule has 0 saturated heterocycles. The maximum Gasteiger partial charge on any atom is 0.296 e. The van der Waals surface area contributed by atoms with E-state index in [0.717, 1.165) is 16.8 Å². The summed E-state index contributed by atoms with van der Waals surface area (Å²) in [5.74, 6) is 0.306. The number of amidine groups is 1. The van der Waals surface area contributed by atoms with E-state index in [1.807, 2.05) is 43.1 Å². The number of fused-ring (bicyclic) bond motifs is 1. The fraction of sp³-hybridized carbons (Fsp3) is 0.348. The summed E-state index contributed by atoms with van der Waals surface area (Å²) in [6.07, 6.45) is 2.51. The molecule has 32 heavy (non-hydrogen) atoms. The van der Waals surface area contributed by atoms with Gasteiger partial charge in [-0.3, -0.25) is 9.19 Å². The van der Waals surface area contributed by atoms with Gasteiger partial charge in [0.1, 0.15) is 18.1 Å². The summed E-state index contributed by atoms with van der Waals surface area (Å²) in [6.45, 7) is 4.66. The summed E-state index contributed by atoms with van der Waals surface area (Å²) in [7, 11) is -3.75. The topological polar surface area (TPSA) is 110 Å². The molecule has 0 bridgehead atoms. The zero-order valence-electron chi connectivity index (χ0n) is 18.2. The lowest BCUT2D eigenvalue weighted by Gasteiger charge is -2.26. The number of benzene rings is 2. The normalized spacial score (nSPS) is 20.1. The van der Waals surface area contributed by atoms with Crippen LogP contribution in [-0.2, 0) is 14.3 Å². The van der Waals surface area contributed by atoms with Gasteiger partial charge in [-0.2, -0.15) is 13.5 Å². The highest BCUT2D eigenvalue weighted by molar-refractivity contribution is 7.86. The minimum Gasteiger partial charge on any atom is -0.386 e. The number of hydrogen-bond donors (Lipinski definition) is 1. The maximum atomic E-state index is 12.3. The number of rotatable bonds is 8. The van der Waals surface area contributed by atoms with Crippen molar-refractivity contribution < 1.29 is 12.6 Å². The van der Waals surface area contributed by atoms with Crippen molar-refractivity contribution in [3.8, 4) is 0 Å². The minimum atomic E-state index is -3.75. The first-order valence-corrected chi connectivity index (χ1v) is 12.0. The summed E-state index contributed by atoms with van der Waals surface area (Å²) in [4.78, 5) is 8.84. The Balaban J connectivity index is 1.36. The van der Waals surface area contributed by atoms with E-state index in [1.165, 1.54) is 11.9 Å². The highest BCUT2D eigenvalue weighted by Crippen LogP contribution is 2.29. The number of nitrogens with zero attached hydrogens (tertiary/aromatic N) is 4. The average Bonchev–Trinajstić information content (AvgIpc) is 3.14. The van der Waals surface area contributed by atoms with Gasteiger partial charge in [0.05, 0.1) is 17.2 Å². The van der Waals surface area contributed by atoms with E-state index >= 15 is 0 Å². The Hall–Kier alpha value is -3.04. The van der Waals surface area contributed by atoms with Gasteiger partial charge in [0, 0.05) is 6.54 Å². The van der Waals surface area contributed by atoms with Crippen LogP contribution in [0, 0.1) is 19.8 Å². The number of aryl methyl sites for hydroxylation is 2. The Morgan fingerprint density at radius 2 is 1.66 bits per heavy atom. The second kappa shape index (κ2) is 9.22. The summed E-state index contributed by atoms with van der Waals surface area (Å²) in [6, 6.07) is 14.8. The smallest absolute Gasteiger partial charge is 0.296 e. The molecule has 0 aromatic heterocycles. The van der Waals surface area contributed by atoms with Gasteiger partial charge in [-0.05, 0) is 44.4 Å². The van der Waals surface area contributed by atoms with Crippen LogP contribution in [-0.4, -0.2) is 50.6 Å². The summed E-state index contributed by atoms with van der Waals surface area (Å²) in [5, 5.41) is 6.71. The Kier molecular flexibility index (Phi) is 6.38. The predicted octanol–water partition coefficient (Wildman–Crippen LogP) is 2.85. The van der Waals surface area contributed by atoms with Gasteiger partial charge in [-0.1, -0.05) is 47.5 Å². The number of unbranched alkanes of at least 4 members (excludes halogenated alkanes) is 1. The monoisotopic (exact) mass is 453 g/mol. The highest BCUT2D eigenvalue weighted by Gasteiger charge is 2.41. The molecule has 0 fully saturated rings. The molecule has 9 heteroatoms. The van der Waals surface area contributed by atoms with Gasteiger partial charge in [0.25, 0.3) is 10.1 Å². The molecule has 0 saturated carbocycles. The summed E-state index contributed by atoms with van der Waals surface area (Å²) >= 11 is 0. The number of nitrogens with two attached hydrogens (primary N) is 1. The first-order chi connectivity index (χ1) is 15.3. The number of aliphatic imine (C=N–C) groups is 2. The molecule has 4 rings (SSSR count). The zero-order valence-corrected chi connectivity index (χ0v) is 19.0. The molecule has 2 aliphatic heterocycles. The lowest BCUT2D eigenvalue weighted by atomic mass is 9.93. The third-order valence-electron chi connectivity index (χ3n) is 5.56. The molecule has 0 aliphatic carbocycles. The maximum absolute atomic E-state index is 12.3.